The normalized spacial score (nSPS) is 20.8. The SMILES string of the molecule is CC[C@H](NC(=O)[C@H](C)NC)C(=O)N1CCC[C@H]1Cc1c(-c2[nH]c3cc(F)ccc3c2C[C@@H]2CC3(CC3)CN2C(=O)[C@H](CC)NC(=O)[C@H](C)NC)[nH]c2cc(F)ccc12. The van der Waals surface area contributed by atoms with Gasteiger partial charge in [0.25, 0.3) is 0 Å². The second-order valence-corrected chi connectivity index (χ2v) is 16.9. The predicted octanol–water partition coefficient (Wildman–Crippen LogP) is 5.06. The van der Waals surface area contributed by atoms with Gasteiger partial charge < -0.3 is 41.0 Å². The number of aromatic amines is 2. The van der Waals surface area contributed by atoms with Crippen LogP contribution in [0.3, 0.4) is 0 Å². The van der Waals surface area contributed by atoms with Gasteiger partial charge in [-0.2, -0.15) is 0 Å². The highest BCUT2D eigenvalue weighted by Gasteiger charge is 2.54. The number of halogens is 2. The summed E-state index contributed by atoms with van der Waals surface area (Å²) < 4.78 is 29.7. The number of fused-ring (bicyclic) bond motifs is 2. The molecule has 12 nitrogen and oxygen atoms in total. The molecule has 2 aromatic heterocycles. The first-order valence-corrected chi connectivity index (χ1v) is 21.0. The minimum Gasteiger partial charge on any atom is -0.353 e. The number of hydrogen-bond donors (Lipinski definition) is 6. The maximum absolute atomic E-state index is 14.9. The molecule has 7 rings (SSSR count). The molecule has 6 N–H and O–H groups in total. The van der Waals surface area contributed by atoms with Crippen molar-refractivity contribution < 1.29 is 28.0 Å². The summed E-state index contributed by atoms with van der Waals surface area (Å²) in [5.74, 6) is -1.48. The van der Waals surface area contributed by atoms with Crippen LogP contribution in [-0.2, 0) is 32.0 Å². The third kappa shape index (κ3) is 8.09. The fourth-order valence-corrected chi connectivity index (χ4v) is 9.19. The molecule has 1 spiro atoms. The lowest BCUT2D eigenvalue weighted by Crippen LogP contribution is -2.53. The van der Waals surface area contributed by atoms with E-state index in [-0.39, 0.29) is 46.9 Å². The van der Waals surface area contributed by atoms with Crippen LogP contribution in [-0.4, -0.2) is 107 Å². The van der Waals surface area contributed by atoms with E-state index in [0.717, 1.165) is 65.4 Å². The van der Waals surface area contributed by atoms with Crippen LogP contribution in [0.4, 0.5) is 8.78 Å². The van der Waals surface area contributed by atoms with Gasteiger partial charge in [-0.05, 0) is 139 Å². The van der Waals surface area contributed by atoms with E-state index in [0.29, 0.717) is 49.8 Å². The number of benzene rings is 2. The van der Waals surface area contributed by atoms with Gasteiger partial charge >= 0.3 is 0 Å². The minimum atomic E-state index is -0.671. The summed E-state index contributed by atoms with van der Waals surface area (Å²) in [5, 5.41) is 13.4. The van der Waals surface area contributed by atoms with Crippen LogP contribution >= 0.6 is 0 Å². The van der Waals surface area contributed by atoms with Crippen LogP contribution in [0.1, 0.15) is 83.8 Å². The third-order valence-electron chi connectivity index (χ3n) is 13.1. The van der Waals surface area contributed by atoms with Crippen molar-refractivity contribution >= 4 is 45.4 Å². The Labute approximate surface area is 338 Å². The van der Waals surface area contributed by atoms with Gasteiger partial charge in [-0.3, -0.25) is 19.2 Å². The number of amides is 4. The van der Waals surface area contributed by atoms with Crippen molar-refractivity contribution in [3.63, 3.8) is 0 Å². The van der Waals surface area contributed by atoms with E-state index in [9.17, 15) is 28.0 Å². The van der Waals surface area contributed by atoms with Crippen LogP contribution in [0.5, 0.6) is 0 Å². The zero-order chi connectivity index (χ0) is 41.5. The highest BCUT2D eigenvalue weighted by Crippen LogP contribution is 2.55. The Bertz CT molecular complexity index is 2200. The summed E-state index contributed by atoms with van der Waals surface area (Å²) in [6.07, 6.45) is 6.27. The summed E-state index contributed by atoms with van der Waals surface area (Å²) in [4.78, 5) is 65.0. The number of carbonyl (C=O) groups excluding carboxylic acids is 4. The van der Waals surface area contributed by atoms with Gasteiger partial charge in [-0.15, -0.1) is 0 Å². The molecule has 2 aromatic carbocycles. The number of rotatable bonds is 15. The average molecular weight is 801 g/mol. The van der Waals surface area contributed by atoms with E-state index >= 15 is 0 Å². The first-order valence-electron chi connectivity index (χ1n) is 21.0. The van der Waals surface area contributed by atoms with Crippen molar-refractivity contribution in [2.45, 2.75) is 122 Å². The Kier molecular flexibility index (Phi) is 12.0. The van der Waals surface area contributed by atoms with E-state index in [2.05, 4.69) is 31.2 Å². The maximum Gasteiger partial charge on any atom is 0.245 e. The van der Waals surface area contributed by atoms with Gasteiger partial charge in [0.2, 0.25) is 23.6 Å². The Morgan fingerprint density at radius 1 is 0.759 bits per heavy atom. The molecule has 3 aliphatic rings. The molecule has 6 atom stereocenters. The average Bonchev–Trinajstić information content (AvgIpc) is 3.52. The van der Waals surface area contributed by atoms with E-state index in [4.69, 9.17) is 0 Å². The van der Waals surface area contributed by atoms with Gasteiger partial charge in [0.15, 0.2) is 0 Å². The number of H-pyrrole nitrogens is 2. The number of nitrogens with zero attached hydrogens (tertiary/aromatic N) is 2. The molecule has 2 saturated heterocycles. The molecule has 0 bridgehead atoms. The van der Waals surface area contributed by atoms with E-state index < -0.39 is 30.0 Å². The second-order valence-electron chi connectivity index (χ2n) is 16.9. The van der Waals surface area contributed by atoms with Gasteiger partial charge in [0.1, 0.15) is 23.7 Å². The Morgan fingerprint density at radius 2 is 1.24 bits per heavy atom. The van der Waals surface area contributed by atoms with Crippen LogP contribution in [0, 0.1) is 17.0 Å². The largest absolute Gasteiger partial charge is 0.353 e. The fourth-order valence-electron chi connectivity index (χ4n) is 9.19. The molecule has 14 heteroatoms. The smallest absolute Gasteiger partial charge is 0.245 e. The summed E-state index contributed by atoms with van der Waals surface area (Å²) in [7, 11) is 3.41. The zero-order valence-corrected chi connectivity index (χ0v) is 34.5. The van der Waals surface area contributed by atoms with Crippen LogP contribution in [0.2, 0.25) is 0 Å². The van der Waals surface area contributed by atoms with Crippen LogP contribution in [0.25, 0.3) is 33.2 Å². The molecule has 0 radical (unpaired) electrons. The van der Waals surface area contributed by atoms with Gasteiger partial charge in [-0.1, -0.05) is 13.8 Å². The molecule has 4 aromatic rings. The number of likely N-dealkylation sites (N-methyl/N-ethyl adjacent to an activating group) is 2. The maximum atomic E-state index is 14.9. The van der Waals surface area contributed by atoms with Crippen molar-refractivity contribution in [2.24, 2.45) is 5.41 Å². The monoisotopic (exact) mass is 800 g/mol. The quantitative estimate of drug-likeness (QED) is 0.0990. The zero-order valence-electron chi connectivity index (χ0n) is 34.5. The number of aromatic nitrogens is 2. The summed E-state index contributed by atoms with van der Waals surface area (Å²) in [5.41, 5.74) is 4.52. The molecule has 3 fully saturated rings. The molecule has 4 amide bonds. The van der Waals surface area contributed by atoms with Crippen LogP contribution in [0.15, 0.2) is 36.4 Å². The molecule has 1 aliphatic carbocycles. The highest BCUT2D eigenvalue weighted by molar-refractivity contribution is 5.97. The van der Waals surface area contributed by atoms with Crippen molar-refractivity contribution in [2.75, 3.05) is 27.2 Å². The van der Waals surface area contributed by atoms with Gasteiger partial charge in [0.05, 0.1) is 23.5 Å². The minimum absolute atomic E-state index is 0.0441. The van der Waals surface area contributed by atoms with Crippen molar-refractivity contribution in [1.82, 2.24) is 41.0 Å². The van der Waals surface area contributed by atoms with Crippen molar-refractivity contribution in [1.29, 1.82) is 0 Å². The van der Waals surface area contributed by atoms with E-state index in [1.807, 2.05) is 23.6 Å². The number of hydrogen-bond acceptors (Lipinski definition) is 6. The highest BCUT2D eigenvalue weighted by atomic mass is 19.1. The second kappa shape index (κ2) is 16.8. The van der Waals surface area contributed by atoms with Gasteiger partial charge in [0, 0.05) is 47.0 Å². The van der Waals surface area contributed by atoms with Crippen LogP contribution < -0.4 is 21.3 Å². The number of nitrogens with one attached hydrogen (secondary N) is 6. The number of likely N-dealkylation sites (tertiary alicyclic amines) is 2. The summed E-state index contributed by atoms with van der Waals surface area (Å²) >= 11 is 0. The third-order valence-corrected chi connectivity index (χ3v) is 13.1. The molecule has 58 heavy (non-hydrogen) atoms. The van der Waals surface area contributed by atoms with Crippen molar-refractivity contribution in [3.05, 3.63) is 59.2 Å². The summed E-state index contributed by atoms with van der Waals surface area (Å²) in [6, 6.07) is 6.76. The lowest BCUT2D eigenvalue weighted by molar-refractivity contribution is -0.137. The Balaban J connectivity index is 1.26. The van der Waals surface area contributed by atoms with Gasteiger partial charge in [-0.25, -0.2) is 8.78 Å². The Hall–Kier alpha value is -4.82. The predicted molar refractivity (Wildman–Crippen MR) is 221 cm³/mol. The summed E-state index contributed by atoms with van der Waals surface area (Å²) in [6.45, 7) is 8.47. The standard InChI is InChI=1S/C44H58F2N8O4/c1-7-34(51-40(55)24(3)47-5)42(57)53-17-9-10-28(53)20-32-30-13-11-26(45)18-36(30)49-38(32)39-33(31-14-12-27(46)19-37(31)50-39)21-29-22-44(15-16-44)23-54(29)43(58)35(8-2)52-41(56)25(4)48-6/h11-14,18-19,24-25,28-29,34-35,47-50H,7-10,15-17,20-23H2,1-6H3,(H,51,55)(H,52,56)/t24-,25-,28-,29+,34-,35-/m0/s1. The molecule has 4 heterocycles. The molecule has 0 unspecified atom stereocenters. The lowest BCUT2D eigenvalue weighted by Gasteiger charge is -2.30. The molecular weight excluding hydrogens is 743 g/mol. The first-order chi connectivity index (χ1) is 27.8. The Morgan fingerprint density at radius 3 is 1.71 bits per heavy atom. The van der Waals surface area contributed by atoms with Crippen molar-refractivity contribution in [3.8, 4) is 11.4 Å². The fraction of sp³-hybridized carbons (Fsp3) is 0.545. The topological polar surface area (TPSA) is 154 Å². The molecular formula is C44H58F2N8O4. The van der Waals surface area contributed by atoms with E-state index in [1.54, 1.807) is 40.1 Å². The molecule has 312 valence electrons. The molecule has 1 saturated carbocycles. The van der Waals surface area contributed by atoms with E-state index in [1.165, 1.54) is 24.3 Å². The molecule has 2 aliphatic heterocycles. The lowest BCUT2D eigenvalue weighted by atomic mass is 9.93. The number of carbonyl (C=O) groups is 4. The first kappa shape index (κ1) is 41.3.